The van der Waals surface area contributed by atoms with Gasteiger partial charge in [0.2, 0.25) is 0 Å². The molecule has 1 atom stereocenters. The molecule has 1 aromatic carbocycles. The molecule has 9 heteroatoms. The average Bonchev–Trinajstić information content (AvgIpc) is 2.86. The Balaban J connectivity index is 0.00000338. The van der Waals surface area contributed by atoms with Gasteiger partial charge in [0.15, 0.2) is 15.8 Å². The van der Waals surface area contributed by atoms with Gasteiger partial charge in [0, 0.05) is 24.7 Å². The van der Waals surface area contributed by atoms with Gasteiger partial charge in [-0.1, -0.05) is 6.07 Å². The summed E-state index contributed by atoms with van der Waals surface area (Å²) >= 11 is 0. The van der Waals surface area contributed by atoms with Gasteiger partial charge in [-0.05, 0) is 45.1 Å². The minimum Gasteiger partial charge on any atom is -0.357 e. The Kier molecular flexibility index (Phi) is 9.25. The van der Waals surface area contributed by atoms with Crippen molar-refractivity contribution in [1.82, 2.24) is 15.5 Å². The fraction of sp³-hybridized carbons (Fsp3) is 0.588. The fourth-order valence-corrected chi connectivity index (χ4v) is 4.45. The third kappa shape index (κ3) is 7.36. The van der Waals surface area contributed by atoms with Gasteiger partial charge in [0.05, 0.1) is 18.1 Å². The number of aliphatic imine (C=N–C) groups is 1. The number of benzene rings is 1. The van der Waals surface area contributed by atoms with Crippen LogP contribution in [0.15, 0.2) is 23.2 Å². The Morgan fingerprint density at radius 2 is 2.12 bits per heavy atom. The lowest BCUT2D eigenvalue weighted by molar-refractivity contribution is 0.392. The number of guanidine groups is 1. The first-order valence-corrected chi connectivity index (χ1v) is 10.3. The summed E-state index contributed by atoms with van der Waals surface area (Å²) in [5.41, 5.74) is 1.55. The van der Waals surface area contributed by atoms with Crippen LogP contribution in [0, 0.1) is 5.82 Å². The predicted molar refractivity (Wildman–Crippen MR) is 114 cm³/mol. The molecule has 1 aromatic rings. The van der Waals surface area contributed by atoms with Crippen LogP contribution >= 0.6 is 24.0 Å². The van der Waals surface area contributed by atoms with Crippen LogP contribution in [0.25, 0.3) is 0 Å². The van der Waals surface area contributed by atoms with Gasteiger partial charge in [0.1, 0.15) is 5.82 Å². The zero-order valence-corrected chi connectivity index (χ0v) is 18.6. The molecule has 2 rings (SSSR count). The fourth-order valence-electron chi connectivity index (χ4n) is 2.78. The molecule has 0 saturated carbocycles. The lowest BCUT2D eigenvalue weighted by Gasteiger charge is -2.16. The second-order valence-electron chi connectivity index (χ2n) is 6.60. The van der Waals surface area contributed by atoms with Crippen LogP contribution in [0.3, 0.4) is 0 Å². The van der Waals surface area contributed by atoms with E-state index in [9.17, 15) is 12.8 Å². The SMILES string of the molecule is CCNC(=NCc1ccc(F)c(CN(C)C)c1)NC1CCS(=O)(=O)C1.I. The van der Waals surface area contributed by atoms with E-state index in [-0.39, 0.29) is 47.3 Å². The van der Waals surface area contributed by atoms with E-state index in [1.54, 1.807) is 6.07 Å². The summed E-state index contributed by atoms with van der Waals surface area (Å²) in [7, 11) is 0.855. The van der Waals surface area contributed by atoms with Gasteiger partial charge in [-0.15, -0.1) is 24.0 Å². The molecule has 6 nitrogen and oxygen atoms in total. The smallest absolute Gasteiger partial charge is 0.191 e. The third-order valence-electron chi connectivity index (χ3n) is 3.93. The molecule has 0 aromatic heterocycles. The van der Waals surface area contributed by atoms with E-state index in [1.807, 2.05) is 32.0 Å². The Labute approximate surface area is 172 Å². The van der Waals surface area contributed by atoms with Crippen molar-refractivity contribution in [3.8, 4) is 0 Å². The summed E-state index contributed by atoms with van der Waals surface area (Å²) in [5, 5.41) is 6.31. The number of nitrogens with one attached hydrogen (secondary N) is 2. The molecule has 2 N–H and O–H groups in total. The molecule has 1 saturated heterocycles. The standard InChI is InChI=1S/C17H27FN4O2S.HI/c1-4-19-17(21-15-7-8-25(23,24)12-15)20-10-13-5-6-16(18)14(9-13)11-22(2)3;/h5-6,9,15H,4,7-8,10-12H2,1-3H3,(H2,19,20,21);1H. The highest BCUT2D eigenvalue weighted by Crippen LogP contribution is 2.14. The number of halogens is 2. The van der Waals surface area contributed by atoms with Crippen LogP contribution in [-0.4, -0.2) is 57.5 Å². The molecule has 1 unspecified atom stereocenters. The zero-order valence-electron chi connectivity index (χ0n) is 15.5. The van der Waals surface area contributed by atoms with Crippen LogP contribution in [0.4, 0.5) is 4.39 Å². The lowest BCUT2D eigenvalue weighted by atomic mass is 10.1. The summed E-state index contributed by atoms with van der Waals surface area (Å²) in [5.74, 6) is 0.724. The van der Waals surface area contributed by atoms with Crippen molar-refractivity contribution in [2.45, 2.75) is 32.5 Å². The molecule has 1 aliphatic rings. The summed E-state index contributed by atoms with van der Waals surface area (Å²) in [6, 6.07) is 4.90. The van der Waals surface area contributed by atoms with E-state index in [0.29, 0.717) is 37.6 Å². The number of rotatable bonds is 6. The topological polar surface area (TPSA) is 73.8 Å². The van der Waals surface area contributed by atoms with Crippen molar-refractivity contribution in [2.75, 3.05) is 32.1 Å². The van der Waals surface area contributed by atoms with Gasteiger partial charge in [-0.25, -0.2) is 17.8 Å². The van der Waals surface area contributed by atoms with E-state index in [1.165, 1.54) is 6.07 Å². The van der Waals surface area contributed by atoms with Gasteiger partial charge >= 0.3 is 0 Å². The quantitative estimate of drug-likeness (QED) is 0.355. The van der Waals surface area contributed by atoms with Crippen molar-refractivity contribution < 1.29 is 12.8 Å². The molecule has 0 amide bonds. The second-order valence-corrected chi connectivity index (χ2v) is 8.83. The van der Waals surface area contributed by atoms with Gasteiger partial charge in [0.25, 0.3) is 0 Å². The number of nitrogens with zero attached hydrogens (tertiary/aromatic N) is 2. The average molecular weight is 498 g/mol. The molecule has 0 radical (unpaired) electrons. The molecule has 0 aliphatic carbocycles. The van der Waals surface area contributed by atoms with Crippen LogP contribution in [0.1, 0.15) is 24.5 Å². The summed E-state index contributed by atoms with van der Waals surface area (Å²) in [6.07, 6.45) is 0.594. The maximum Gasteiger partial charge on any atom is 0.191 e. The molecule has 26 heavy (non-hydrogen) atoms. The predicted octanol–water partition coefficient (Wildman–Crippen LogP) is 1.75. The first-order valence-electron chi connectivity index (χ1n) is 8.46. The van der Waals surface area contributed by atoms with E-state index in [4.69, 9.17) is 0 Å². The van der Waals surface area contributed by atoms with Crippen molar-refractivity contribution in [3.63, 3.8) is 0 Å². The monoisotopic (exact) mass is 498 g/mol. The van der Waals surface area contributed by atoms with Crippen LogP contribution in [-0.2, 0) is 22.9 Å². The first-order chi connectivity index (χ1) is 11.8. The summed E-state index contributed by atoms with van der Waals surface area (Å²) in [6.45, 7) is 3.56. The van der Waals surface area contributed by atoms with E-state index in [2.05, 4.69) is 15.6 Å². The normalized spacial score (nSPS) is 19.3. The van der Waals surface area contributed by atoms with Gasteiger partial charge in [-0.3, -0.25) is 0 Å². The van der Waals surface area contributed by atoms with Gasteiger partial charge < -0.3 is 15.5 Å². The molecule has 148 valence electrons. The number of sulfone groups is 1. The second kappa shape index (κ2) is 10.4. The molecular formula is C17H28FIN4O2S. The molecule has 0 spiro atoms. The van der Waals surface area contributed by atoms with Crippen molar-refractivity contribution in [3.05, 3.63) is 35.1 Å². The highest BCUT2D eigenvalue weighted by molar-refractivity contribution is 14.0. The minimum absolute atomic E-state index is 0. The lowest BCUT2D eigenvalue weighted by Crippen LogP contribution is -2.44. The molecule has 1 fully saturated rings. The van der Waals surface area contributed by atoms with Crippen LogP contribution in [0.5, 0.6) is 0 Å². The molecule has 0 bridgehead atoms. The van der Waals surface area contributed by atoms with Crippen molar-refractivity contribution in [1.29, 1.82) is 0 Å². The van der Waals surface area contributed by atoms with Gasteiger partial charge in [-0.2, -0.15) is 0 Å². The largest absolute Gasteiger partial charge is 0.357 e. The molecule has 1 heterocycles. The third-order valence-corrected chi connectivity index (χ3v) is 5.70. The minimum atomic E-state index is -2.94. The Hall–Kier alpha value is -0.940. The van der Waals surface area contributed by atoms with Crippen molar-refractivity contribution >= 4 is 39.8 Å². The van der Waals surface area contributed by atoms with Crippen LogP contribution < -0.4 is 10.6 Å². The molecular weight excluding hydrogens is 470 g/mol. The Bertz CT molecular complexity index is 725. The van der Waals surface area contributed by atoms with Crippen molar-refractivity contribution in [2.24, 2.45) is 4.99 Å². The van der Waals surface area contributed by atoms with E-state index >= 15 is 0 Å². The Morgan fingerprint density at radius 3 is 2.69 bits per heavy atom. The number of hydrogen-bond acceptors (Lipinski definition) is 4. The maximum atomic E-state index is 13.8. The summed E-state index contributed by atoms with van der Waals surface area (Å²) in [4.78, 5) is 6.42. The summed E-state index contributed by atoms with van der Waals surface area (Å²) < 4.78 is 37.0. The molecule has 1 aliphatic heterocycles. The van der Waals surface area contributed by atoms with E-state index < -0.39 is 9.84 Å². The van der Waals surface area contributed by atoms with E-state index in [0.717, 1.165) is 5.56 Å². The zero-order chi connectivity index (χ0) is 18.4. The highest BCUT2D eigenvalue weighted by atomic mass is 127. The van der Waals surface area contributed by atoms with Crippen LogP contribution in [0.2, 0.25) is 0 Å². The first kappa shape index (κ1) is 23.1. The maximum absolute atomic E-state index is 13.8. The highest BCUT2D eigenvalue weighted by Gasteiger charge is 2.28. The Morgan fingerprint density at radius 1 is 1.38 bits per heavy atom. The number of hydrogen-bond donors (Lipinski definition) is 2.